The molecule has 1 aromatic carbocycles. The Hall–Kier alpha value is -3.56. The Labute approximate surface area is 198 Å². The molecule has 0 spiro atoms. The minimum Gasteiger partial charge on any atom is -0.363 e. The Morgan fingerprint density at radius 3 is 2.62 bits per heavy atom. The van der Waals surface area contributed by atoms with Crippen molar-refractivity contribution in [3.05, 3.63) is 60.3 Å². The number of rotatable bonds is 8. The van der Waals surface area contributed by atoms with Gasteiger partial charge in [-0.05, 0) is 56.3 Å². The number of aromatic nitrogens is 5. The molecule has 0 amide bonds. The van der Waals surface area contributed by atoms with Crippen molar-refractivity contribution < 1.29 is 0 Å². The quantitative estimate of drug-likeness (QED) is 0.270. The van der Waals surface area contributed by atoms with E-state index in [9.17, 15) is 0 Å². The molecule has 1 aliphatic rings. The summed E-state index contributed by atoms with van der Waals surface area (Å²) in [7, 11) is 0. The fourth-order valence-corrected chi connectivity index (χ4v) is 4.52. The first-order valence-corrected chi connectivity index (χ1v) is 11.9. The Balaban J connectivity index is 1.35. The molecule has 9 nitrogen and oxygen atoms in total. The van der Waals surface area contributed by atoms with Crippen LogP contribution < -0.4 is 22.1 Å². The summed E-state index contributed by atoms with van der Waals surface area (Å²) >= 11 is 0. The summed E-state index contributed by atoms with van der Waals surface area (Å²) < 4.78 is 0. The number of nitrogens with two attached hydrogens (primary N) is 2. The van der Waals surface area contributed by atoms with Gasteiger partial charge in [0.1, 0.15) is 5.82 Å². The zero-order valence-electron chi connectivity index (χ0n) is 19.1. The average molecular weight is 458 g/mol. The second kappa shape index (κ2) is 10.1. The SMILES string of the molecule is NCCC(Nc1cccc(-c2[nH]nc3nc(NC4CCC(N)CC4)ncc23)n1)c1ccccc1. The molecule has 0 bridgehead atoms. The largest absolute Gasteiger partial charge is 0.363 e. The van der Waals surface area contributed by atoms with Gasteiger partial charge in [-0.15, -0.1) is 0 Å². The Morgan fingerprint density at radius 1 is 1.00 bits per heavy atom. The molecule has 9 heteroatoms. The molecular formula is C25H31N9. The Kier molecular flexibility index (Phi) is 6.64. The van der Waals surface area contributed by atoms with Crippen molar-refractivity contribution >= 4 is 22.8 Å². The van der Waals surface area contributed by atoms with Crippen LogP contribution in [-0.2, 0) is 0 Å². The van der Waals surface area contributed by atoms with Gasteiger partial charge in [-0.25, -0.2) is 9.97 Å². The van der Waals surface area contributed by atoms with Gasteiger partial charge in [0.05, 0.1) is 22.8 Å². The number of pyridine rings is 1. The molecule has 1 unspecified atom stereocenters. The van der Waals surface area contributed by atoms with E-state index in [1.54, 1.807) is 6.20 Å². The third-order valence-electron chi connectivity index (χ3n) is 6.40. The second-order valence-corrected chi connectivity index (χ2v) is 8.88. The molecule has 3 aromatic heterocycles. The normalized spacial score (nSPS) is 19.1. The highest BCUT2D eigenvalue weighted by Crippen LogP contribution is 2.27. The highest BCUT2D eigenvalue weighted by molar-refractivity contribution is 5.89. The van der Waals surface area contributed by atoms with Crippen LogP contribution in [-0.4, -0.2) is 43.8 Å². The number of nitrogens with one attached hydrogen (secondary N) is 3. The van der Waals surface area contributed by atoms with Crippen LogP contribution in [0.25, 0.3) is 22.4 Å². The van der Waals surface area contributed by atoms with Crippen molar-refractivity contribution in [1.29, 1.82) is 0 Å². The summed E-state index contributed by atoms with van der Waals surface area (Å²) in [6.07, 6.45) is 6.73. The first-order chi connectivity index (χ1) is 16.7. The van der Waals surface area contributed by atoms with E-state index >= 15 is 0 Å². The van der Waals surface area contributed by atoms with Gasteiger partial charge in [0.2, 0.25) is 5.95 Å². The molecule has 3 heterocycles. The van der Waals surface area contributed by atoms with E-state index < -0.39 is 0 Å². The van der Waals surface area contributed by atoms with Crippen LogP contribution in [0.3, 0.4) is 0 Å². The molecule has 4 aromatic rings. The molecule has 1 atom stereocenters. The third kappa shape index (κ3) is 5.00. The summed E-state index contributed by atoms with van der Waals surface area (Å²) in [5.41, 5.74) is 15.3. The van der Waals surface area contributed by atoms with Crippen LogP contribution >= 0.6 is 0 Å². The third-order valence-corrected chi connectivity index (χ3v) is 6.40. The first-order valence-electron chi connectivity index (χ1n) is 11.9. The Morgan fingerprint density at radius 2 is 1.82 bits per heavy atom. The number of hydrogen-bond donors (Lipinski definition) is 5. The molecule has 1 fully saturated rings. The van der Waals surface area contributed by atoms with Crippen molar-refractivity contribution in [3.63, 3.8) is 0 Å². The van der Waals surface area contributed by atoms with Gasteiger partial charge in [-0.3, -0.25) is 5.10 Å². The molecule has 0 aliphatic heterocycles. The number of H-pyrrole nitrogens is 1. The lowest BCUT2D eigenvalue weighted by Crippen LogP contribution is -2.33. The first kappa shape index (κ1) is 22.2. The van der Waals surface area contributed by atoms with Crippen LogP contribution in [0, 0.1) is 0 Å². The highest BCUT2D eigenvalue weighted by Gasteiger charge is 2.20. The molecule has 0 saturated heterocycles. The number of benzene rings is 1. The summed E-state index contributed by atoms with van der Waals surface area (Å²) in [4.78, 5) is 14.0. The topological polar surface area (TPSA) is 143 Å². The molecule has 1 saturated carbocycles. The average Bonchev–Trinajstić information content (AvgIpc) is 3.29. The Bertz CT molecular complexity index is 1220. The molecule has 176 valence electrons. The molecule has 1 aliphatic carbocycles. The van der Waals surface area contributed by atoms with Crippen molar-refractivity contribution in [2.75, 3.05) is 17.2 Å². The van der Waals surface area contributed by atoms with Crippen LogP contribution in [0.4, 0.5) is 11.8 Å². The zero-order chi connectivity index (χ0) is 23.3. The summed E-state index contributed by atoms with van der Waals surface area (Å²) in [5, 5.41) is 15.3. The summed E-state index contributed by atoms with van der Waals surface area (Å²) in [5.74, 6) is 1.37. The number of anilines is 2. The van der Waals surface area contributed by atoms with Crippen LogP contribution in [0.2, 0.25) is 0 Å². The maximum absolute atomic E-state index is 6.02. The monoisotopic (exact) mass is 457 g/mol. The van der Waals surface area contributed by atoms with Gasteiger partial charge in [0.15, 0.2) is 5.65 Å². The minimum atomic E-state index is 0.0822. The maximum atomic E-state index is 6.02. The van der Waals surface area contributed by atoms with Crippen molar-refractivity contribution in [2.24, 2.45) is 11.5 Å². The van der Waals surface area contributed by atoms with Gasteiger partial charge in [-0.1, -0.05) is 36.4 Å². The van der Waals surface area contributed by atoms with Gasteiger partial charge in [0.25, 0.3) is 0 Å². The van der Waals surface area contributed by atoms with E-state index in [0.29, 0.717) is 30.2 Å². The predicted octanol–water partition coefficient (Wildman–Crippen LogP) is 3.60. The number of hydrogen-bond acceptors (Lipinski definition) is 8. The smallest absolute Gasteiger partial charge is 0.224 e. The van der Waals surface area contributed by atoms with Crippen molar-refractivity contribution in [3.8, 4) is 11.4 Å². The van der Waals surface area contributed by atoms with Gasteiger partial charge in [-0.2, -0.15) is 10.1 Å². The summed E-state index contributed by atoms with van der Waals surface area (Å²) in [6.45, 7) is 0.582. The van der Waals surface area contributed by atoms with E-state index in [1.807, 2.05) is 36.4 Å². The van der Waals surface area contributed by atoms with Gasteiger partial charge >= 0.3 is 0 Å². The van der Waals surface area contributed by atoms with E-state index in [1.165, 1.54) is 5.56 Å². The van der Waals surface area contributed by atoms with Gasteiger partial charge in [0, 0.05) is 18.3 Å². The molecule has 7 N–H and O–H groups in total. The van der Waals surface area contributed by atoms with E-state index in [4.69, 9.17) is 16.5 Å². The number of fused-ring (bicyclic) bond motifs is 1. The van der Waals surface area contributed by atoms with Gasteiger partial charge < -0.3 is 22.1 Å². The van der Waals surface area contributed by atoms with Crippen molar-refractivity contribution in [1.82, 2.24) is 25.1 Å². The highest BCUT2D eigenvalue weighted by atomic mass is 15.2. The lowest BCUT2D eigenvalue weighted by atomic mass is 9.92. The van der Waals surface area contributed by atoms with E-state index in [-0.39, 0.29) is 6.04 Å². The maximum Gasteiger partial charge on any atom is 0.224 e. The summed E-state index contributed by atoms with van der Waals surface area (Å²) in [6, 6.07) is 16.9. The number of aromatic amines is 1. The minimum absolute atomic E-state index is 0.0822. The fraction of sp³-hybridized carbons (Fsp3) is 0.360. The standard InChI is InChI=1S/C25H31N9/c26-14-13-20(16-5-2-1-3-6-16)30-22-8-4-7-21(31-22)23-19-15-28-25(32-24(19)34-33-23)29-18-11-9-17(27)10-12-18/h1-8,15,17-18,20H,9-14,26-27H2,(H,30,31)(H2,28,29,32,33,34). The number of nitrogens with zero attached hydrogens (tertiary/aromatic N) is 4. The lowest BCUT2D eigenvalue weighted by molar-refractivity contribution is 0.410. The molecule has 5 rings (SSSR count). The molecule has 34 heavy (non-hydrogen) atoms. The predicted molar refractivity (Wildman–Crippen MR) is 135 cm³/mol. The second-order valence-electron chi connectivity index (χ2n) is 8.88. The van der Waals surface area contributed by atoms with Crippen LogP contribution in [0.1, 0.15) is 43.7 Å². The van der Waals surface area contributed by atoms with Crippen molar-refractivity contribution in [2.45, 2.75) is 50.2 Å². The fourth-order valence-electron chi connectivity index (χ4n) is 4.52. The van der Waals surface area contributed by atoms with Crippen LogP contribution in [0.5, 0.6) is 0 Å². The lowest BCUT2D eigenvalue weighted by Gasteiger charge is -2.26. The van der Waals surface area contributed by atoms with Crippen LogP contribution in [0.15, 0.2) is 54.7 Å². The molecule has 0 radical (unpaired) electrons. The van der Waals surface area contributed by atoms with E-state index in [0.717, 1.165) is 54.7 Å². The molecular weight excluding hydrogens is 426 g/mol. The zero-order valence-corrected chi connectivity index (χ0v) is 19.1. The van der Waals surface area contributed by atoms with E-state index in [2.05, 4.69) is 42.9 Å².